The van der Waals surface area contributed by atoms with Gasteiger partial charge in [0, 0.05) is 10.2 Å². The van der Waals surface area contributed by atoms with Crippen LogP contribution in [0.2, 0.25) is 0 Å². The molecule has 82 valence electrons. The van der Waals surface area contributed by atoms with E-state index in [9.17, 15) is 4.79 Å². The molecule has 0 fully saturated rings. The van der Waals surface area contributed by atoms with Crippen molar-refractivity contribution >= 4 is 44.6 Å². The number of fused-ring (bicyclic) bond motifs is 1. The second-order valence-electron chi connectivity index (χ2n) is 3.38. The van der Waals surface area contributed by atoms with Crippen molar-refractivity contribution in [3.8, 4) is 0 Å². The first-order valence-corrected chi connectivity index (χ1v) is 5.24. The van der Waals surface area contributed by atoms with E-state index in [1.54, 1.807) is 0 Å². The summed E-state index contributed by atoms with van der Waals surface area (Å²) < 4.78 is 1.03. The largest absolute Gasteiger partial charge is 0.480 e. The van der Waals surface area contributed by atoms with Crippen LogP contribution < -0.4 is 5.32 Å². The van der Waals surface area contributed by atoms with E-state index in [1.165, 1.54) is 5.56 Å². The van der Waals surface area contributed by atoms with Crippen LogP contribution in [0.4, 0.5) is 5.69 Å². The highest BCUT2D eigenvalue weighted by Crippen LogP contribution is 2.27. The summed E-state index contributed by atoms with van der Waals surface area (Å²) in [5, 5.41) is 11.8. The van der Waals surface area contributed by atoms with Gasteiger partial charge in [-0.2, -0.15) is 0 Å². The molecule has 0 amide bonds. The van der Waals surface area contributed by atoms with Crippen LogP contribution >= 0.6 is 32.9 Å². The quantitative estimate of drug-likeness (QED) is 0.829. The summed E-state index contributed by atoms with van der Waals surface area (Å²) in [6.07, 6.45) is 1.47. The smallest absolute Gasteiger partial charge is 0.326 e. The second kappa shape index (κ2) is 4.99. The number of benzene rings is 1. The van der Waals surface area contributed by atoms with Gasteiger partial charge in [-0.15, -0.1) is 17.0 Å². The number of hydrogen-bond acceptors (Lipinski definition) is 2. The fourth-order valence-electron chi connectivity index (χ4n) is 1.65. The van der Waals surface area contributed by atoms with Gasteiger partial charge in [0.1, 0.15) is 6.04 Å². The highest BCUT2D eigenvalue weighted by molar-refractivity contribution is 9.10. The Hall–Kier alpha value is -0.550. The van der Waals surface area contributed by atoms with E-state index in [4.69, 9.17) is 5.11 Å². The predicted molar refractivity (Wildman–Crippen MR) is 67.8 cm³/mol. The summed E-state index contributed by atoms with van der Waals surface area (Å²) in [4.78, 5) is 10.8. The van der Waals surface area contributed by atoms with Gasteiger partial charge in [0.25, 0.3) is 0 Å². The van der Waals surface area contributed by atoms with Crippen molar-refractivity contribution in [1.29, 1.82) is 0 Å². The van der Waals surface area contributed by atoms with E-state index in [0.717, 1.165) is 16.6 Å². The van der Waals surface area contributed by atoms with Crippen molar-refractivity contribution in [3.63, 3.8) is 0 Å². The Bertz CT molecular complexity index is 382. The monoisotopic (exact) mass is 335 g/mol. The number of aryl methyl sites for hydroxylation is 1. The van der Waals surface area contributed by atoms with Gasteiger partial charge in [-0.05, 0) is 36.6 Å². The first-order chi connectivity index (χ1) is 6.66. The average Bonchev–Trinajstić information content (AvgIpc) is 2.16. The van der Waals surface area contributed by atoms with Crippen LogP contribution in [0, 0.1) is 0 Å². The highest BCUT2D eigenvalue weighted by Gasteiger charge is 2.22. The van der Waals surface area contributed by atoms with E-state index in [-0.39, 0.29) is 17.0 Å². The number of carboxylic acid groups (broad SMARTS) is 1. The summed E-state index contributed by atoms with van der Waals surface area (Å²) in [5.41, 5.74) is 2.11. The zero-order valence-corrected chi connectivity index (χ0v) is 11.2. The van der Waals surface area contributed by atoms with Gasteiger partial charge in [0.05, 0.1) is 0 Å². The lowest BCUT2D eigenvalue weighted by Crippen LogP contribution is -2.33. The van der Waals surface area contributed by atoms with Gasteiger partial charge < -0.3 is 10.4 Å². The number of hydrogen-bond donors (Lipinski definition) is 2. The molecule has 0 saturated carbocycles. The average molecular weight is 337 g/mol. The Kier molecular flexibility index (Phi) is 4.16. The minimum atomic E-state index is -0.779. The Balaban J connectivity index is 0.00000112. The Labute approximate surface area is 107 Å². The molecule has 0 aromatic heterocycles. The Morgan fingerprint density at radius 1 is 1.53 bits per heavy atom. The molecule has 0 unspecified atom stereocenters. The molecule has 0 saturated heterocycles. The molecule has 0 bridgehead atoms. The summed E-state index contributed by atoms with van der Waals surface area (Å²) in [6, 6.07) is 5.41. The van der Waals surface area contributed by atoms with Crippen LogP contribution in [-0.4, -0.2) is 17.1 Å². The first kappa shape index (κ1) is 12.5. The minimum absolute atomic E-state index is 0. The first-order valence-electron chi connectivity index (χ1n) is 4.44. The fourth-order valence-corrected chi connectivity index (χ4v) is 2.06. The van der Waals surface area contributed by atoms with Crippen LogP contribution in [0.1, 0.15) is 12.0 Å². The zero-order valence-electron chi connectivity index (χ0n) is 7.87. The molecule has 1 heterocycles. The topological polar surface area (TPSA) is 49.3 Å². The molecular formula is C10H11Br2NO2. The Morgan fingerprint density at radius 2 is 2.27 bits per heavy atom. The predicted octanol–water partition coefficient (Wildman–Crippen LogP) is 2.84. The van der Waals surface area contributed by atoms with Crippen LogP contribution in [0.3, 0.4) is 0 Å². The van der Waals surface area contributed by atoms with Crippen LogP contribution in [0.15, 0.2) is 22.7 Å². The van der Waals surface area contributed by atoms with Gasteiger partial charge in [0.2, 0.25) is 0 Å². The highest BCUT2D eigenvalue weighted by atomic mass is 79.9. The molecule has 5 heteroatoms. The molecule has 2 N–H and O–H groups in total. The van der Waals surface area contributed by atoms with Crippen molar-refractivity contribution < 1.29 is 9.90 Å². The minimum Gasteiger partial charge on any atom is -0.480 e. The fraction of sp³-hybridized carbons (Fsp3) is 0.300. The van der Waals surface area contributed by atoms with Crippen LogP contribution in [0.5, 0.6) is 0 Å². The van der Waals surface area contributed by atoms with E-state index in [0.29, 0.717) is 6.42 Å². The van der Waals surface area contributed by atoms with Crippen molar-refractivity contribution in [2.24, 2.45) is 0 Å². The van der Waals surface area contributed by atoms with Gasteiger partial charge in [0.15, 0.2) is 0 Å². The maximum atomic E-state index is 10.8. The molecule has 15 heavy (non-hydrogen) atoms. The molecule has 1 aliphatic heterocycles. The molecule has 0 radical (unpaired) electrons. The molecule has 0 spiro atoms. The number of halogens is 2. The van der Waals surface area contributed by atoms with Crippen molar-refractivity contribution in [3.05, 3.63) is 28.2 Å². The number of rotatable bonds is 1. The van der Waals surface area contributed by atoms with E-state index in [2.05, 4.69) is 21.2 Å². The lowest BCUT2D eigenvalue weighted by Gasteiger charge is -2.23. The van der Waals surface area contributed by atoms with Gasteiger partial charge >= 0.3 is 5.97 Å². The number of aliphatic carboxylic acids is 1. The molecular weight excluding hydrogens is 326 g/mol. The Morgan fingerprint density at radius 3 is 2.93 bits per heavy atom. The van der Waals surface area contributed by atoms with E-state index >= 15 is 0 Å². The number of carboxylic acids is 1. The van der Waals surface area contributed by atoms with Crippen molar-refractivity contribution in [1.82, 2.24) is 0 Å². The molecule has 1 aliphatic rings. The third-order valence-electron chi connectivity index (χ3n) is 2.40. The lowest BCUT2D eigenvalue weighted by atomic mass is 9.98. The van der Waals surface area contributed by atoms with Crippen LogP contribution in [0.25, 0.3) is 0 Å². The summed E-state index contributed by atoms with van der Waals surface area (Å²) in [6.45, 7) is 0. The zero-order chi connectivity index (χ0) is 10.1. The standard InChI is InChI=1S/C10H10BrNO2.BrH/c11-7-2-4-8-6(5-7)1-3-9(12-8)10(13)14;/h2,4-5,9,12H,1,3H2,(H,13,14);1H/t9-;/m1./s1. The van der Waals surface area contributed by atoms with Gasteiger partial charge in [-0.1, -0.05) is 15.9 Å². The lowest BCUT2D eigenvalue weighted by molar-refractivity contribution is -0.138. The third-order valence-corrected chi connectivity index (χ3v) is 2.89. The van der Waals surface area contributed by atoms with E-state index in [1.807, 2.05) is 18.2 Å². The second-order valence-corrected chi connectivity index (χ2v) is 4.29. The van der Waals surface area contributed by atoms with Crippen LogP contribution in [-0.2, 0) is 11.2 Å². The summed E-state index contributed by atoms with van der Waals surface area (Å²) >= 11 is 3.39. The normalized spacial score (nSPS) is 18.3. The number of anilines is 1. The summed E-state index contributed by atoms with van der Waals surface area (Å²) in [7, 11) is 0. The molecule has 2 rings (SSSR count). The SMILES string of the molecule is Br.O=C(O)[C@H]1CCc2cc(Br)ccc2N1. The molecule has 1 aromatic rings. The van der Waals surface area contributed by atoms with Gasteiger partial charge in [-0.3, -0.25) is 0 Å². The van der Waals surface area contributed by atoms with Crippen molar-refractivity contribution in [2.45, 2.75) is 18.9 Å². The molecule has 1 atom stereocenters. The van der Waals surface area contributed by atoms with Gasteiger partial charge in [-0.25, -0.2) is 4.79 Å². The maximum absolute atomic E-state index is 10.8. The number of carbonyl (C=O) groups is 1. The summed E-state index contributed by atoms with van der Waals surface area (Å²) in [5.74, 6) is -0.779. The van der Waals surface area contributed by atoms with E-state index < -0.39 is 12.0 Å². The van der Waals surface area contributed by atoms with Crippen molar-refractivity contribution in [2.75, 3.05) is 5.32 Å². The maximum Gasteiger partial charge on any atom is 0.326 e. The molecule has 1 aromatic carbocycles. The molecule has 3 nitrogen and oxygen atoms in total. The molecule has 0 aliphatic carbocycles. The number of nitrogens with one attached hydrogen (secondary N) is 1. The third kappa shape index (κ3) is 2.72.